The Balaban J connectivity index is 1.43. The molecule has 1 fully saturated rings. The Morgan fingerprint density at radius 3 is 2.41 bits per heavy atom. The van der Waals surface area contributed by atoms with E-state index in [0.717, 1.165) is 31.7 Å². The molecular formula is C39H42ClIN2O5Si. The number of carbonyl (C=O) groups is 2. The number of aliphatic hydroxyl groups excluding tert-OH is 1. The number of rotatable bonds is 11. The van der Waals surface area contributed by atoms with E-state index in [1.165, 1.54) is 5.19 Å². The minimum absolute atomic E-state index is 0.0796. The highest BCUT2D eigenvalue weighted by molar-refractivity contribution is 14.1. The van der Waals surface area contributed by atoms with Gasteiger partial charge < -0.3 is 24.4 Å². The number of ether oxygens (including phenoxy) is 2. The zero-order chi connectivity index (χ0) is 34.9. The van der Waals surface area contributed by atoms with Gasteiger partial charge in [0.2, 0.25) is 5.91 Å². The summed E-state index contributed by atoms with van der Waals surface area (Å²) in [5, 5.41) is 11.7. The Labute approximate surface area is 308 Å². The van der Waals surface area contributed by atoms with Crippen LogP contribution in [0.2, 0.25) is 23.7 Å². The van der Waals surface area contributed by atoms with Crippen molar-refractivity contribution in [1.82, 2.24) is 4.90 Å². The van der Waals surface area contributed by atoms with E-state index < -0.39 is 19.8 Å². The van der Waals surface area contributed by atoms with Gasteiger partial charge in [0.15, 0.2) is 5.60 Å². The lowest BCUT2D eigenvalue weighted by molar-refractivity contribution is -0.150. The zero-order valence-electron chi connectivity index (χ0n) is 28.2. The second-order valence-electron chi connectivity index (χ2n) is 13.6. The Bertz CT molecular complexity index is 1820. The van der Waals surface area contributed by atoms with Crippen LogP contribution < -0.4 is 14.8 Å². The molecule has 2 amide bonds. The highest BCUT2D eigenvalue weighted by Crippen LogP contribution is 2.60. The summed E-state index contributed by atoms with van der Waals surface area (Å²) in [7, 11) is -0.817. The molecule has 0 aliphatic carbocycles. The predicted octanol–water partition coefficient (Wildman–Crippen LogP) is 7.13. The third-order valence-electron chi connectivity index (χ3n) is 10.3. The molecule has 1 N–H and O–H groups in total. The first-order valence-electron chi connectivity index (χ1n) is 16.6. The van der Waals surface area contributed by atoms with E-state index >= 15 is 4.79 Å². The number of methoxy groups -OCH3 is 1. The Morgan fingerprint density at radius 1 is 1.02 bits per heavy atom. The maximum atomic E-state index is 15.0. The molecule has 0 aromatic heterocycles. The molecule has 2 aliphatic rings. The summed E-state index contributed by atoms with van der Waals surface area (Å²) < 4.78 is 13.7. The molecule has 49 heavy (non-hydrogen) atoms. The van der Waals surface area contributed by atoms with Gasteiger partial charge in [0.25, 0.3) is 5.91 Å². The molecule has 1 spiro atoms. The van der Waals surface area contributed by atoms with Crippen LogP contribution >= 0.6 is 34.2 Å². The molecule has 0 unspecified atom stereocenters. The molecule has 256 valence electrons. The fourth-order valence-corrected chi connectivity index (χ4v) is 12.8. The lowest BCUT2D eigenvalue weighted by Crippen LogP contribution is -2.52. The van der Waals surface area contributed by atoms with Gasteiger partial charge in [0.05, 0.1) is 46.5 Å². The van der Waals surface area contributed by atoms with Crippen LogP contribution in [0.4, 0.5) is 5.69 Å². The lowest BCUT2D eigenvalue weighted by atomic mass is 9.82. The SMILES string of the molecule is COc1ccc([Si](C)(C)[C@H]2[C@H](CC(=O)N(CCO)Cc3ccccc3)O[C@@]3(C(=O)N(Cc4cccc(I)c4)c4ccc(Cl)cc43)[C@@H]2C)cc1. The van der Waals surface area contributed by atoms with Crippen LogP contribution in [0.1, 0.15) is 30.0 Å². The number of halogens is 2. The van der Waals surface area contributed by atoms with Crippen molar-refractivity contribution in [3.8, 4) is 5.75 Å². The van der Waals surface area contributed by atoms with Crippen molar-refractivity contribution in [2.45, 2.75) is 56.8 Å². The summed E-state index contributed by atoms with van der Waals surface area (Å²) in [6.07, 6.45) is -0.479. The van der Waals surface area contributed by atoms with E-state index in [1.807, 2.05) is 83.8 Å². The van der Waals surface area contributed by atoms with Crippen LogP contribution in [0.15, 0.2) is 97.1 Å². The van der Waals surface area contributed by atoms with Gasteiger partial charge in [-0.1, -0.05) is 91.4 Å². The molecule has 4 atom stereocenters. The van der Waals surface area contributed by atoms with Crippen molar-refractivity contribution in [2.75, 3.05) is 25.2 Å². The number of amides is 2. The molecule has 1 saturated heterocycles. The van der Waals surface area contributed by atoms with E-state index in [1.54, 1.807) is 12.0 Å². The van der Waals surface area contributed by atoms with E-state index in [0.29, 0.717) is 18.1 Å². The van der Waals surface area contributed by atoms with Crippen LogP contribution in [-0.2, 0) is 33.0 Å². The monoisotopic (exact) mass is 808 g/mol. The third-order valence-corrected chi connectivity index (χ3v) is 15.6. The largest absolute Gasteiger partial charge is 0.497 e. The maximum Gasteiger partial charge on any atom is 0.264 e. The summed E-state index contributed by atoms with van der Waals surface area (Å²) in [6.45, 7) is 7.51. The number of benzene rings is 4. The van der Waals surface area contributed by atoms with Gasteiger partial charge in [0, 0.05) is 33.2 Å². The van der Waals surface area contributed by atoms with E-state index in [-0.39, 0.29) is 42.8 Å². The minimum atomic E-state index is -2.47. The van der Waals surface area contributed by atoms with Crippen LogP contribution in [0.5, 0.6) is 5.75 Å². The Morgan fingerprint density at radius 2 is 1.73 bits per heavy atom. The van der Waals surface area contributed by atoms with Gasteiger partial charge in [-0.05, 0) is 81.7 Å². The number of nitrogens with zero attached hydrogens (tertiary/aromatic N) is 2. The summed E-state index contributed by atoms with van der Waals surface area (Å²) in [5.74, 6) is 0.241. The van der Waals surface area contributed by atoms with E-state index in [9.17, 15) is 9.90 Å². The Hall–Kier alpha value is -3.22. The summed E-state index contributed by atoms with van der Waals surface area (Å²) >= 11 is 8.95. The van der Waals surface area contributed by atoms with Crippen LogP contribution in [0, 0.1) is 9.49 Å². The summed E-state index contributed by atoms with van der Waals surface area (Å²) in [5.41, 5.74) is 2.08. The quantitative estimate of drug-likeness (QED) is 0.129. The molecule has 2 aliphatic heterocycles. The van der Waals surface area contributed by atoms with Gasteiger partial charge in [-0.2, -0.15) is 0 Å². The number of carbonyl (C=O) groups excluding carboxylic acids is 2. The Kier molecular flexibility index (Phi) is 10.6. The zero-order valence-corrected chi connectivity index (χ0v) is 32.1. The fourth-order valence-electron chi connectivity index (χ4n) is 7.98. The number of aliphatic hydroxyl groups is 1. The third kappa shape index (κ3) is 6.80. The molecule has 2 heterocycles. The lowest BCUT2D eigenvalue weighted by Gasteiger charge is -2.37. The summed E-state index contributed by atoms with van der Waals surface area (Å²) in [6, 6.07) is 31.7. The van der Waals surface area contributed by atoms with Crippen LogP contribution in [0.3, 0.4) is 0 Å². The average Bonchev–Trinajstić information content (AvgIpc) is 3.51. The van der Waals surface area contributed by atoms with Gasteiger partial charge in [-0.15, -0.1) is 0 Å². The van der Waals surface area contributed by atoms with Crippen LogP contribution in [-0.4, -0.2) is 56.3 Å². The van der Waals surface area contributed by atoms with Crippen molar-refractivity contribution in [2.24, 2.45) is 5.92 Å². The fraction of sp³-hybridized carbons (Fsp3) is 0.333. The number of anilines is 1. The van der Waals surface area contributed by atoms with Crippen molar-refractivity contribution in [3.63, 3.8) is 0 Å². The summed E-state index contributed by atoms with van der Waals surface area (Å²) in [4.78, 5) is 32.8. The smallest absolute Gasteiger partial charge is 0.264 e. The van der Waals surface area contributed by atoms with Crippen molar-refractivity contribution >= 4 is 65.0 Å². The van der Waals surface area contributed by atoms with Crippen molar-refractivity contribution in [3.05, 3.63) is 122 Å². The number of hydrogen-bond donors (Lipinski definition) is 1. The first-order valence-corrected chi connectivity index (χ1v) is 21.1. The van der Waals surface area contributed by atoms with Crippen LogP contribution in [0.25, 0.3) is 0 Å². The van der Waals surface area contributed by atoms with E-state index in [4.69, 9.17) is 21.1 Å². The predicted molar refractivity (Wildman–Crippen MR) is 205 cm³/mol. The van der Waals surface area contributed by atoms with E-state index in [2.05, 4.69) is 60.8 Å². The topological polar surface area (TPSA) is 79.3 Å². The first kappa shape index (κ1) is 35.6. The van der Waals surface area contributed by atoms with Gasteiger partial charge in [0.1, 0.15) is 5.75 Å². The highest BCUT2D eigenvalue weighted by atomic mass is 127. The molecule has 6 rings (SSSR count). The molecule has 7 nitrogen and oxygen atoms in total. The first-order chi connectivity index (χ1) is 23.5. The van der Waals surface area contributed by atoms with Gasteiger partial charge >= 0.3 is 0 Å². The average molecular weight is 809 g/mol. The molecular weight excluding hydrogens is 767 g/mol. The number of fused-ring (bicyclic) bond motifs is 2. The molecule has 0 bridgehead atoms. The van der Waals surface area contributed by atoms with Crippen molar-refractivity contribution in [1.29, 1.82) is 0 Å². The van der Waals surface area contributed by atoms with Gasteiger partial charge in [-0.3, -0.25) is 9.59 Å². The van der Waals surface area contributed by atoms with Gasteiger partial charge in [-0.25, -0.2) is 0 Å². The molecule has 0 radical (unpaired) electrons. The molecule has 0 saturated carbocycles. The standard InChI is InChI=1S/C39H42ClIN2O5Si/c1-26-37(49(3,4)32-16-14-31(47-2)15-17-32)35(23-36(45)42(19-20-44)24-27-9-6-5-7-10-27)48-39(26)33-22-29(40)13-18-34(33)43(38(39)46)25-28-11-8-12-30(41)21-28/h5-18,21-22,26,35,37,44H,19-20,23-25H2,1-4H3/t26-,35+,37-,39+/m1/s1. The normalized spacial score (nSPS) is 21.7. The second-order valence-corrected chi connectivity index (χ2v) is 19.9. The van der Waals surface area contributed by atoms with Crippen molar-refractivity contribution < 1.29 is 24.2 Å². The molecule has 10 heteroatoms. The number of hydrogen-bond acceptors (Lipinski definition) is 5. The second kappa shape index (κ2) is 14.6. The molecule has 4 aromatic rings. The minimum Gasteiger partial charge on any atom is -0.497 e. The maximum absolute atomic E-state index is 15.0. The molecule has 4 aromatic carbocycles. The highest BCUT2D eigenvalue weighted by Gasteiger charge is 2.66.